The van der Waals surface area contributed by atoms with Crippen LogP contribution in [0.5, 0.6) is 5.75 Å². The van der Waals surface area contributed by atoms with Gasteiger partial charge in [-0.05, 0) is 49.7 Å². The average molecular weight is 424 g/mol. The fourth-order valence-electron chi connectivity index (χ4n) is 3.12. The van der Waals surface area contributed by atoms with Gasteiger partial charge in [0.2, 0.25) is 0 Å². The van der Waals surface area contributed by atoms with E-state index in [2.05, 4.69) is 9.98 Å². The van der Waals surface area contributed by atoms with Crippen molar-refractivity contribution in [3.8, 4) is 5.75 Å². The molecule has 1 unspecified atom stereocenters. The number of nitrogens with zero attached hydrogens (tertiary/aromatic N) is 3. The van der Waals surface area contributed by atoms with Crippen LogP contribution in [0.4, 0.5) is 15.8 Å². The maximum Gasteiger partial charge on any atom is 0.168 e. The third-order valence-electron chi connectivity index (χ3n) is 4.61. The van der Waals surface area contributed by atoms with Gasteiger partial charge in [0.25, 0.3) is 0 Å². The predicted molar refractivity (Wildman–Crippen MR) is 123 cm³/mol. The van der Waals surface area contributed by atoms with Crippen molar-refractivity contribution in [3.05, 3.63) is 58.9 Å². The van der Waals surface area contributed by atoms with Gasteiger partial charge >= 0.3 is 0 Å². The highest BCUT2D eigenvalue weighted by atomic mass is 19.1. The number of hydrazine groups is 1. The first-order valence-corrected chi connectivity index (χ1v) is 9.48. The molecule has 0 bridgehead atoms. The van der Waals surface area contributed by atoms with E-state index in [4.69, 9.17) is 33.2 Å². The lowest BCUT2D eigenvalue weighted by Gasteiger charge is -2.32. The third kappa shape index (κ3) is 4.48. The van der Waals surface area contributed by atoms with Crippen LogP contribution in [0, 0.1) is 11.2 Å². The molecule has 0 amide bonds. The van der Waals surface area contributed by atoms with Crippen molar-refractivity contribution in [2.45, 2.75) is 26.1 Å². The number of amidine groups is 1. The molecular formula is C21H25FN8O. The first kappa shape index (κ1) is 21.8. The molecule has 0 spiro atoms. The van der Waals surface area contributed by atoms with Crippen molar-refractivity contribution in [2.75, 3.05) is 10.7 Å². The third-order valence-corrected chi connectivity index (χ3v) is 4.61. The molecule has 10 heteroatoms. The minimum Gasteiger partial charge on any atom is -0.489 e. The van der Waals surface area contributed by atoms with E-state index >= 15 is 0 Å². The van der Waals surface area contributed by atoms with Gasteiger partial charge in [0, 0.05) is 29.2 Å². The molecular weight excluding hydrogens is 399 g/mol. The predicted octanol–water partition coefficient (Wildman–Crippen LogP) is 1.97. The zero-order chi connectivity index (χ0) is 22.7. The van der Waals surface area contributed by atoms with Crippen LogP contribution in [-0.2, 0) is 0 Å². The van der Waals surface area contributed by atoms with Crippen LogP contribution < -0.4 is 32.8 Å². The monoisotopic (exact) mass is 424 g/mol. The molecule has 0 aliphatic carbocycles. The van der Waals surface area contributed by atoms with Crippen molar-refractivity contribution in [3.63, 3.8) is 0 Å². The van der Waals surface area contributed by atoms with Gasteiger partial charge < -0.3 is 27.3 Å². The fourth-order valence-corrected chi connectivity index (χ4v) is 3.12. The summed E-state index contributed by atoms with van der Waals surface area (Å²) in [6, 6.07) is 8.88. The Kier molecular flexibility index (Phi) is 6.21. The number of halogens is 1. The lowest BCUT2D eigenvalue weighted by molar-refractivity contribution is 0.243. The normalized spacial score (nSPS) is 17.3. The van der Waals surface area contributed by atoms with Crippen molar-refractivity contribution >= 4 is 35.5 Å². The van der Waals surface area contributed by atoms with Crippen molar-refractivity contribution in [1.82, 2.24) is 0 Å². The Morgan fingerprint density at radius 2 is 1.90 bits per heavy atom. The van der Waals surface area contributed by atoms with E-state index in [1.807, 2.05) is 13.8 Å². The summed E-state index contributed by atoms with van der Waals surface area (Å²) in [5.74, 6) is 6.63. The number of nitrogens with two attached hydrogens (primary N) is 4. The Morgan fingerprint density at radius 3 is 2.52 bits per heavy atom. The summed E-state index contributed by atoms with van der Waals surface area (Å²) < 4.78 is 19.2. The molecule has 0 aromatic heterocycles. The molecule has 9 nitrogen and oxygen atoms in total. The molecule has 9 N–H and O–H groups in total. The van der Waals surface area contributed by atoms with Crippen LogP contribution >= 0.6 is 0 Å². The van der Waals surface area contributed by atoms with Gasteiger partial charge in [0.1, 0.15) is 23.7 Å². The van der Waals surface area contributed by atoms with Gasteiger partial charge in [-0.3, -0.25) is 5.01 Å². The number of nitrogen functional groups attached to an aromatic ring is 1. The standard InChI is InChI=1S/C21H25FN8O/c1-11(2)31-17-8-15(24)13(9-23)7-16(17)30(27)21-18(20(26)28-10-29-21)19(25)12-3-5-14(22)6-4-12/h3-11,21,23H,24-25,27H2,1-2H3,(H2,26,28,29). The number of rotatable bonds is 6. The Labute approximate surface area is 179 Å². The van der Waals surface area contributed by atoms with Crippen LogP contribution in [0.2, 0.25) is 0 Å². The topological polar surface area (TPSA) is 165 Å². The molecule has 1 heterocycles. The van der Waals surface area contributed by atoms with E-state index < -0.39 is 12.0 Å². The minimum absolute atomic E-state index is 0.131. The van der Waals surface area contributed by atoms with Crippen molar-refractivity contribution in [1.29, 1.82) is 5.41 Å². The summed E-state index contributed by atoms with van der Waals surface area (Å²) in [5.41, 5.74) is 20.9. The quantitative estimate of drug-likeness (QED) is 0.206. The van der Waals surface area contributed by atoms with Gasteiger partial charge in [-0.1, -0.05) is 0 Å². The van der Waals surface area contributed by atoms with Crippen LogP contribution in [0.25, 0.3) is 5.70 Å². The number of nitrogens with one attached hydrogen (secondary N) is 1. The number of benzene rings is 2. The maximum atomic E-state index is 13.3. The number of hydrogen-bond acceptors (Lipinski definition) is 9. The molecule has 2 aromatic carbocycles. The highest BCUT2D eigenvalue weighted by molar-refractivity contribution is 6.09. The number of hydrogen-bond donors (Lipinski definition) is 5. The van der Waals surface area contributed by atoms with E-state index in [1.54, 1.807) is 12.1 Å². The molecule has 0 radical (unpaired) electrons. The van der Waals surface area contributed by atoms with Gasteiger partial charge in [-0.2, -0.15) is 0 Å². The smallest absolute Gasteiger partial charge is 0.168 e. The summed E-state index contributed by atoms with van der Waals surface area (Å²) in [7, 11) is 0. The molecule has 1 atom stereocenters. The molecule has 2 aromatic rings. The number of anilines is 2. The minimum atomic E-state index is -0.848. The Balaban J connectivity index is 2.13. The Hall–Kier alpha value is -3.92. The largest absolute Gasteiger partial charge is 0.489 e. The van der Waals surface area contributed by atoms with Crippen LogP contribution in [0.15, 0.2) is 52.0 Å². The summed E-state index contributed by atoms with van der Waals surface area (Å²) in [6.45, 7) is 3.74. The first-order valence-electron chi connectivity index (χ1n) is 9.48. The van der Waals surface area contributed by atoms with Gasteiger partial charge in [-0.25, -0.2) is 20.2 Å². The molecule has 3 rings (SSSR count). The molecule has 0 saturated heterocycles. The molecule has 31 heavy (non-hydrogen) atoms. The molecule has 0 saturated carbocycles. The zero-order valence-electron chi connectivity index (χ0n) is 17.2. The second kappa shape index (κ2) is 8.84. The first-order chi connectivity index (χ1) is 14.7. The van der Waals surface area contributed by atoms with E-state index in [-0.39, 0.29) is 17.6 Å². The van der Waals surface area contributed by atoms with E-state index in [0.29, 0.717) is 33.8 Å². The zero-order valence-corrected chi connectivity index (χ0v) is 17.2. The second-order valence-corrected chi connectivity index (χ2v) is 7.15. The summed E-state index contributed by atoms with van der Waals surface area (Å²) >= 11 is 0. The fraction of sp³-hybridized carbons (Fsp3) is 0.190. The highest BCUT2D eigenvalue weighted by Crippen LogP contribution is 2.35. The van der Waals surface area contributed by atoms with E-state index in [0.717, 1.165) is 6.21 Å². The SMILES string of the molecule is CC(C)Oc1cc(N)c(C=N)cc1N(N)C1N=CN=C(N)C1=C(N)c1ccc(F)cc1. The van der Waals surface area contributed by atoms with Crippen LogP contribution in [0.1, 0.15) is 25.0 Å². The van der Waals surface area contributed by atoms with Gasteiger partial charge in [0.05, 0.1) is 17.4 Å². The molecule has 162 valence electrons. The summed E-state index contributed by atoms with van der Waals surface area (Å²) in [4.78, 5) is 8.39. The van der Waals surface area contributed by atoms with E-state index in [1.165, 1.54) is 35.6 Å². The second-order valence-electron chi connectivity index (χ2n) is 7.15. The van der Waals surface area contributed by atoms with Crippen molar-refractivity contribution < 1.29 is 9.13 Å². The average Bonchev–Trinajstić information content (AvgIpc) is 2.73. The summed E-state index contributed by atoms with van der Waals surface area (Å²) in [6.07, 6.45) is 1.41. The van der Waals surface area contributed by atoms with Crippen LogP contribution in [-0.4, -0.2) is 30.7 Å². The lowest BCUT2D eigenvalue weighted by Crippen LogP contribution is -2.46. The maximum absolute atomic E-state index is 13.3. The number of aliphatic imine (C=N–C) groups is 2. The van der Waals surface area contributed by atoms with Crippen LogP contribution in [0.3, 0.4) is 0 Å². The molecule has 0 fully saturated rings. The van der Waals surface area contributed by atoms with Gasteiger partial charge in [0.15, 0.2) is 6.17 Å². The summed E-state index contributed by atoms with van der Waals surface area (Å²) in [5, 5.41) is 8.94. The van der Waals surface area contributed by atoms with E-state index in [9.17, 15) is 4.39 Å². The molecule has 1 aliphatic rings. The number of ether oxygens (including phenoxy) is 1. The Bertz CT molecular complexity index is 1080. The van der Waals surface area contributed by atoms with Crippen molar-refractivity contribution in [2.24, 2.45) is 27.3 Å². The molecule has 1 aliphatic heterocycles. The lowest BCUT2D eigenvalue weighted by atomic mass is 10.0. The Morgan fingerprint density at radius 1 is 1.23 bits per heavy atom. The van der Waals surface area contributed by atoms with Gasteiger partial charge in [-0.15, -0.1) is 0 Å². The highest BCUT2D eigenvalue weighted by Gasteiger charge is 2.30.